The molecule has 4 aliphatic rings. The number of para-hydroxylation sites is 1. The molecule has 2 heterocycles. The summed E-state index contributed by atoms with van der Waals surface area (Å²) < 4.78 is 33.2. The summed E-state index contributed by atoms with van der Waals surface area (Å²) in [5.74, 6) is -3.54. The van der Waals surface area contributed by atoms with E-state index in [2.05, 4.69) is 20.3 Å². The fourth-order valence-corrected chi connectivity index (χ4v) is 8.36. The maximum atomic E-state index is 13.9. The summed E-state index contributed by atoms with van der Waals surface area (Å²) in [5.41, 5.74) is -0.167. The maximum Gasteiger partial charge on any atom is 0.411 e. The minimum absolute atomic E-state index is 0.0796. The van der Waals surface area contributed by atoms with Crippen molar-refractivity contribution in [3.63, 3.8) is 0 Å². The Bertz CT molecular complexity index is 1610. The molecule has 1 aliphatic heterocycles. The first-order chi connectivity index (χ1) is 21.6. The first-order valence-electron chi connectivity index (χ1n) is 15.3. The molecule has 12 nitrogen and oxygen atoms in total. The molecule has 2 aromatic rings. The van der Waals surface area contributed by atoms with Crippen molar-refractivity contribution in [3.05, 3.63) is 48.0 Å². The average Bonchev–Trinajstić information content (AvgIpc) is 3.87. The van der Waals surface area contributed by atoms with Crippen LogP contribution in [-0.4, -0.2) is 72.6 Å². The van der Waals surface area contributed by atoms with E-state index in [1.165, 1.54) is 11.3 Å². The van der Waals surface area contributed by atoms with Crippen LogP contribution in [0.2, 0.25) is 0 Å². The van der Waals surface area contributed by atoms with Gasteiger partial charge in [-0.25, -0.2) is 18.2 Å². The Hall–Kier alpha value is -3.78. The van der Waals surface area contributed by atoms with E-state index in [0.717, 1.165) is 29.8 Å². The van der Waals surface area contributed by atoms with E-state index in [9.17, 15) is 27.6 Å². The molecule has 45 heavy (non-hydrogen) atoms. The van der Waals surface area contributed by atoms with E-state index in [0.29, 0.717) is 25.1 Å². The summed E-state index contributed by atoms with van der Waals surface area (Å²) in [6.07, 6.45) is 7.82. The fraction of sp³-hybridized carbons (Fsp3) is 0.516. The third-order valence-corrected chi connectivity index (χ3v) is 11.7. The first-order valence-corrected chi connectivity index (χ1v) is 17.8. The molecule has 3 fully saturated rings. The molecule has 240 valence electrons. The van der Waals surface area contributed by atoms with Gasteiger partial charge in [0.05, 0.1) is 22.8 Å². The summed E-state index contributed by atoms with van der Waals surface area (Å²) in [6.45, 7) is 0.520. The van der Waals surface area contributed by atoms with Gasteiger partial charge >= 0.3 is 6.09 Å². The molecule has 5 atom stereocenters. The second-order valence-electron chi connectivity index (χ2n) is 12.4. The van der Waals surface area contributed by atoms with E-state index < -0.39 is 56.7 Å². The van der Waals surface area contributed by atoms with Crippen molar-refractivity contribution in [3.8, 4) is 10.6 Å². The lowest BCUT2D eigenvalue weighted by molar-refractivity contribution is -0.140. The van der Waals surface area contributed by atoms with E-state index in [1.807, 2.05) is 29.7 Å². The van der Waals surface area contributed by atoms with Crippen LogP contribution in [0.4, 0.5) is 10.5 Å². The third-order valence-electron chi connectivity index (χ3n) is 9.10. The number of ether oxygens (including phenoxy) is 1. The van der Waals surface area contributed by atoms with Crippen LogP contribution in [0.25, 0.3) is 10.6 Å². The van der Waals surface area contributed by atoms with Gasteiger partial charge in [-0.3, -0.25) is 24.4 Å². The molecule has 6 rings (SSSR count). The van der Waals surface area contributed by atoms with E-state index in [1.54, 1.807) is 30.3 Å². The lowest BCUT2D eigenvalue weighted by atomic mass is 9.93. The van der Waals surface area contributed by atoms with Gasteiger partial charge in [0.25, 0.3) is 5.91 Å². The van der Waals surface area contributed by atoms with Crippen molar-refractivity contribution in [1.82, 2.24) is 19.9 Å². The number of amides is 4. The van der Waals surface area contributed by atoms with Gasteiger partial charge in [0.2, 0.25) is 21.8 Å². The molecule has 0 bridgehead atoms. The zero-order valence-corrected chi connectivity index (χ0v) is 26.6. The van der Waals surface area contributed by atoms with Crippen molar-refractivity contribution in [2.75, 3.05) is 18.9 Å². The number of aromatic nitrogens is 1. The van der Waals surface area contributed by atoms with Gasteiger partial charge in [0, 0.05) is 36.7 Å². The van der Waals surface area contributed by atoms with E-state index >= 15 is 0 Å². The Morgan fingerprint density at radius 2 is 1.91 bits per heavy atom. The quantitative estimate of drug-likeness (QED) is 0.399. The highest BCUT2D eigenvalue weighted by atomic mass is 32.2. The number of fused-ring (bicyclic) bond motifs is 2. The SMILES string of the molecule is CN1CCCC/C=C\[C@H]2C[C@@]2(C(=O)NS(=O)(=O)C2CC2)NC(=O)[C@@H]2C[C@@H](OC(=O)Nc3ccccc3-c3nccs3)C[C@H]2C1=O. The summed E-state index contributed by atoms with van der Waals surface area (Å²) in [7, 11) is -2.13. The van der Waals surface area contributed by atoms with Crippen molar-refractivity contribution in [1.29, 1.82) is 0 Å². The summed E-state index contributed by atoms with van der Waals surface area (Å²) in [5, 5.41) is 7.60. The number of allylic oxidation sites excluding steroid dienone is 1. The van der Waals surface area contributed by atoms with Gasteiger partial charge in [-0.15, -0.1) is 11.3 Å². The van der Waals surface area contributed by atoms with E-state index in [4.69, 9.17) is 4.74 Å². The summed E-state index contributed by atoms with van der Waals surface area (Å²) in [4.78, 5) is 59.9. The lowest BCUT2D eigenvalue weighted by Crippen LogP contribution is -2.54. The molecule has 4 amide bonds. The van der Waals surface area contributed by atoms with E-state index in [-0.39, 0.29) is 31.1 Å². The number of benzene rings is 1. The number of sulfonamides is 1. The van der Waals surface area contributed by atoms with Crippen molar-refractivity contribution < 1.29 is 32.3 Å². The predicted molar refractivity (Wildman–Crippen MR) is 167 cm³/mol. The highest BCUT2D eigenvalue weighted by Gasteiger charge is 2.62. The number of carbonyl (C=O) groups excluding carboxylic acids is 4. The zero-order valence-electron chi connectivity index (χ0n) is 24.9. The van der Waals surface area contributed by atoms with Crippen molar-refractivity contribution in [2.24, 2.45) is 17.8 Å². The van der Waals surface area contributed by atoms with Crippen LogP contribution < -0.4 is 15.4 Å². The zero-order chi connectivity index (χ0) is 31.8. The maximum absolute atomic E-state index is 13.9. The smallest absolute Gasteiger partial charge is 0.411 e. The fourth-order valence-electron chi connectivity index (χ4n) is 6.32. The van der Waals surface area contributed by atoms with Crippen molar-refractivity contribution in [2.45, 2.75) is 68.3 Å². The molecule has 0 saturated heterocycles. The van der Waals surface area contributed by atoms with Crippen LogP contribution in [0.1, 0.15) is 51.4 Å². The van der Waals surface area contributed by atoms with Crippen LogP contribution in [0.3, 0.4) is 0 Å². The van der Waals surface area contributed by atoms with Gasteiger partial charge < -0.3 is 15.0 Å². The van der Waals surface area contributed by atoms with Gasteiger partial charge in [0.15, 0.2) is 0 Å². The molecule has 3 aliphatic carbocycles. The molecule has 1 aromatic carbocycles. The molecule has 0 spiro atoms. The molecule has 0 unspecified atom stereocenters. The van der Waals surface area contributed by atoms with Gasteiger partial charge in [-0.05, 0) is 63.5 Å². The standard InChI is InChI=1S/C31H37N5O7S2/c1-36-14-7-3-2-4-8-19-18-31(19,29(39)35-45(41,42)21-11-12-21)34-26(37)23-16-20(17-24(23)28(36)38)43-30(40)33-25-10-6-5-9-22(25)27-32-13-15-44-27/h4-6,8-10,13,15,19-21,23-24H,2-3,7,11-12,14,16-18H2,1H3,(H,33,40)(H,34,37)(H,35,39)/b8-4-/t19-,20+,23+,24+,31+/m0/s1. The Labute approximate surface area is 266 Å². The number of hydrogen-bond acceptors (Lipinski definition) is 9. The molecular weight excluding hydrogens is 619 g/mol. The number of thiazole rings is 1. The molecular formula is C31H37N5O7S2. The van der Waals surface area contributed by atoms with Crippen LogP contribution in [0.15, 0.2) is 48.0 Å². The Morgan fingerprint density at radius 1 is 1.13 bits per heavy atom. The number of nitrogens with zero attached hydrogens (tertiary/aromatic N) is 2. The average molecular weight is 656 g/mol. The number of anilines is 1. The number of nitrogens with one attached hydrogen (secondary N) is 3. The lowest BCUT2D eigenvalue weighted by Gasteiger charge is -2.26. The second-order valence-corrected chi connectivity index (χ2v) is 15.2. The van der Waals surface area contributed by atoms with Crippen LogP contribution in [-0.2, 0) is 29.1 Å². The minimum atomic E-state index is -3.83. The Balaban J connectivity index is 1.20. The monoisotopic (exact) mass is 655 g/mol. The molecule has 1 aromatic heterocycles. The van der Waals surface area contributed by atoms with Crippen LogP contribution >= 0.6 is 11.3 Å². The number of hydrogen-bond donors (Lipinski definition) is 3. The largest absolute Gasteiger partial charge is 0.446 e. The van der Waals surface area contributed by atoms with Crippen molar-refractivity contribution >= 4 is 50.9 Å². The van der Waals surface area contributed by atoms with Crippen LogP contribution in [0, 0.1) is 17.8 Å². The first kappa shape index (κ1) is 31.2. The Kier molecular flexibility index (Phi) is 8.70. The normalized spacial score (nSPS) is 29.4. The highest BCUT2D eigenvalue weighted by Crippen LogP contribution is 2.47. The summed E-state index contributed by atoms with van der Waals surface area (Å²) in [6, 6.07) is 7.21. The van der Waals surface area contributed by atoms with Gasteiger partial charge in [0.1, 0.15) is 16.7 Å². The Morgan fingerprint density at radius 3 is 2.67 bits per heavy atom. The van der Waals surface area contributed by atoms with Gasteiger partial charge in [-0.2, -0.15) is 0 Å². The molecule has 0 radical (unpaired) electrons. The third kappa shape index (κ3) is 6.76. The topological polar surface area (TPSA) is 164 Å². The predicted octanol–water partition coefficient (Wildman–Crippen LogP) is 3.44. The van der Waals surface area contributed by atoms with Gasteiger partial charge in [-0.1, -0.05) is 24.3 Å². The second kappa shape index (κ2) is 12.5. The van der Waals surface area contributed by atoms with Crippen LogP contribution in [0.5, 0.6) is 0 Å². The molecule has 3 saturated carbocycles. The number of rotatable bonds is 6. The minimum Gasteiger partial charge on any atom is -0.446 e. The summed E-state index contributed by atoms with van der Waals surface area (Å²) >= 11 is 1.43. The highest BCUT2D eigenvalue weighted by molar-refractivity contribution is 7.91. The molecule has 3 N–H and O–H groups in total. The number of carbonyl (C=O) groups is 4. The molecule has 14 heteroatoms.